The van der Waals surface area contributed by atoms with Gasteiger partial charge in [-0.05, 0) is 12.3 Å². The Hall–Kier alpha value is -1.62. The van der Waals surface area contributed by atoms with Gasteiger partial charge < -0.3 is 15.3 Å². The third-order valence-corrected chi connectivity index (χ3v) is 3.03. The Morgan fingerprint density at radius 1 is 1.33 bits per heavy atom. The summed E-state index contributed by atoms with van der Waals surface area (Å²) in [6.45, 7) is 5.25. The third-order valence-electron chi connectivity index (χ3n) is 3.03. The molecule has 0 aliphatic rings. The highest BCUT2D eigenvalue weighted by Crippen LogP contribution is 2.18. The summed E-state index contributed by atoms with van der Waals surface area (Å²) in [5.41, 5.74) is 8.45. The summed E-state index contributed by atoms with van der Waals surface area (Å²) in [6.07, 6.45) is 9.18. The molecular weight excluding hydrogens is 226 g/mol. The molecule has 1 atom stereocenters. The lowest BCUT2D eigenvalue weighted by molar-refractivity contribution is 0.483. The maximum Gasteiger partial charge on any atom is 0.0948 e. The van der Waals surface area contributed by atoms with Crippen molar-refractivity contribution >= 4 is 0 Å². The summed E-state index contributed by atoms with van der Waals surface area (Å²) in [6, 6.07) is 0.0641. The minimum absolute atomic E-state index is 0.0641. The molecule has 0 aromatic carbocycles. The van der Waals surface area contributed by atoms with Gasteiger partial charge in [0.15, 0.2) is 0 Å². The number of hydrogen-bond donors (Lipinski definition) is 2. The Kier molecular flexibility index (Phi) is 4.15. The highest BCUT2D eigenvalue weighted by atomic mass is 15.1. The average Bonchev–Trinajstić information content (AvgIpc) is 2.96. The van der Waals surface area contributed by atoms with Crippen molar-refractivity contribution in [3.05, 3.63) is 36.4 Å². The summed E-state index contributed by atoms with van der Waals surface area (Å²) in [7, 11) is 0. The van der Waals surface area contributed by atoms with Crippen LogP contribution in [0.4, 0.5) is 0 Å². The molecular formula is C13H21N5. The molecule has 3 N–H and O–H groups in total. The molecule has 0 fully saturated rings. The Morgan fingerprint density at radius 3 is 2.83 bits per heavy atom. The monoisotopic (exact) mass is 247 g/mol. The molecule has 2 aromatic heterocycles. The summed E-state index contributed by atoms with van der Waals surface area (Å²) in [5, 5.41) is 0. The van der Waals surface area contributed by atoms with Gasteiger partial charge in [0.1, 0.15) is 0 Å². The summed E-state index contributed by atoms with van der Waals surface area (Å²) in [4.78, 5) is 11.3. The van der Waals surface area contributed by atoms with E-state index in [-0.39, 0.29) is 6.04 Å². The molecule has 18 heavy (non-hydrogen) atoms. The smallest absolute Gasteiger partial charge is 0.0948 e. The first-order chi connectivity index (χ1) is 8.66. The first kappa shape index (κ1) is 12.8. The topological polar surface area (TPSA) is 72.5 Å². The van der Waals surface area contributed by atoms with Crippen LogP contribution < -0.4 is 5.73 Å². The maximum atomic E-state index is 6.21. The predicted molar refractivity (Wildman–Crippen MR) is 70.9 cm³/mol. The van der Waals surface area contributed by atoms with Crippen LogP contribution in [-0.2, 0) is 13.0 Å². The van der Waals surface area contributed by atoms with Gasteiger partial charge in [0.25, 0.3) is 0 Å². The number of nitrogens with two attached hydrogens (primary N) is 1. The fourth-order valence-corrected chi connectivity index (χ4v) is 2.12. The second kappa shape index (κ2) is 5.82. The fraction of sp³-hybridized carbons (Fsp3) is 0.538. The number of aryl methyl sites for hydroxylation is 2. The molecule has 0 aliphatic heterocycles. The Morgan fingerprint density at radius 2 is 2.17 bits per heavy atom. The van der Waals surface area contributed by atoms with Gasteiger partial charge in [0, 0.05) is 37.1 Å². The van der Waals surface area contributed by atoms with Crippen molar-refractivity contribution in [2.75, 3.05) is 0 Å². The maximum absolute atomic E-state index is 6.21. The van der Waals surface area contributed by atoms with Crippen LogP contribution >= 0.6 is 0 Å². The quantitative estimate of drug-likeness (QED) is 0.818. The molecule has 0 bridgehead atoms. The van der Waals surface area contributed by atoms with Crippen LogP contribution in [0.1, 0.15) is 37.7 Å². The Labute approximate surface area is 107 Å². The summed E-state index contributed by atoms with van der Waals surface area (Å²) >= 11 is 0. The molecule has 5 nitrogen and oxygen atoms in total. The van der Waals surface area contributed by atoms with E-state index in [4.69, 9.17) is 5.73 Å². The van der Waals surface area contributed by atoms with Crippen molar-refractivity contribution in [2.24, 2.45) is 11.7 Å². The number of nitrogens with one attached hydrogen (secondary N) is 1. The van der Waals surface area contributed by atoms with E-state index in [1.165, 1.54) is 0 Å². The SMILES string of the molecule is CC(C)CC(N)c1cncn1CCc1cnc[nH]1. The van der Waals surface area contributed by atoms with E-state index in [1.54, 1.807) is 6.33 Å². The lowest BCUT2D eigenvalue weighted by atomic mass is 10.0. The van der Waals surface area contributed by atoms with Crippen LogP contribution in [0.25, 0.3) is 0 Å². The first-order valence-corrected chi connectivity index (χ1v) is 6.39. The van der Waals surface area contributed by atoms with Crippen LogP contribution in [-0.4, -0.2) is 19.5 Å². The minimum Gasteiger partial charge on any atom is -0.348 e. The van der Waals surface area contributed by atoms with Crippen molar-refractivity contribution in [2.45, 2.75) is 39.3 Å². The lowest BCUT2D eigenvalue weighted by Gasteiger charge is -2.16. The Balaban J connectivity index is 1.99. The van der Waals surface area contributed by atoms with Crippen molar-refractivity contribution in [3.63, 3.8) is 0 Å². The zero-order valence-electron chi connectivity index (χ0n) is 11.0. The molecule has 0 saturated carbocycles. The van der Waals surface area contributed by atoms with E-state index in [0.29, 0.717) is 5.92 Å². The van der Waals surface area contributed by atoms with E-state index in [9.17, 15) is 0 Å². The van der Waals surface area contributed by atoms with E-state index >= 15 is 0 Å². The third kappa shape index (κ3) is 3.20. The molecule has 0 saturated heterocycles. The molecule has 0 aliphatic carbocycles. The molecule has 0 spiro atoms. The van der Waals surface area contributed by atoms with Gasteiger partial charge >= 0.3 is 0 Å². The number of aromatic nitrogens is 4. The van der Waals surface area contributed by atoms with Gasteiger partial charge in [-0.3, -0.25) is 0 Å². The molecule has 0 amide bonds. The highest BCUT2D eigenvalue weighted by molar-refractivity contribution is 5.05. The number of aromatic amines is 1. The zero-order valence-corrected chi connectivity index (χ0v) is 11.0. The predicted octanol–water partition coefficient (Wildman–Crippen LogP) is 1.89. The van der Waals surface area contributed by atoms with E-state index in [1.807, 2.05) is 18.7 Å². The summed E-state index contributed by atoms with van der Waals surface area (Å²) < 4.78 is 2.13. The van der Waals surface area contributed by atoms with Crippen LogP contribution in [0.3, 0.4) is 0 Å². The van der Waals surface area contributed by atoms with Gasteiger partial charge in [0.05, 0.1) is 18.3 Å². The van der Waals surface area contributed by atoms with Crippen molar-refractivity contribution in [1.29, 1.82) is 0 Å². The van der Waals surface area contributed by atoms with E-state index in [0.717, 1.165) is 30.8 Å². The van der Waals surface area contributed by atoms with Crippen LogP contribution in [0.2, 0.25) is 0 Å². The average molecular weight is 247 g/mol. The number of H-pyrrole nitrogens is 1. The van der Waals surface area contributed by atoms with E-state index < -0.39 is 0 Å². The molecule has 2 heterocycles. The van der Waals surface area contributed by atoms with Crippen molar-refractivity contribution < 1.29 is 0 Å². The van der Waals surface area contributed by atoms with Crippen LogP contribution in [0.15, 0.2) is 25.0 Å². The summed E-state index contributed by atoms with van der Waals surface area (Å²) in [5.74, 6) is 0.593. The molecule has 1 unspecified atom stereocenters. The number of nitrogens with zero attached hydrogens (tertiary/aromatic N) is 3. The lowest BCUT2D eigenvalue weighted by Crippen LogP contribution is -2.17. The van der Waals surface area contributed by atoms with Gasteiger partial charge in [-0.25, -0.2) is 9.97 Å². The fourth-order valence-electron chi connectivity index (χ4n) is 2.12. The van der Waals surface area contributed by atoms with Gasteiger partial charge in [-0.1, -0.05) is 13.8 Å². The molecule has 5 heteroatoms. The standard InChI is InChI=1S/C13H21N5/c1-10(2)5-12(14)13-7-16-9-18(13)4-3-11-6-15-8-17-11/h6-10,12H,3-5,14H2,1-2H3,(H,15,17). The minimum atomic E-state index is 0.0641. The number of imidazole rings is 2. The highest BCUT2D eigenvalue weighted by Gasteiger charge is 2.13. The first-order valence-electron chi connectivity index (χ1n) is 6.39. The Bertz CT molecular complexity index is 457. The molecule has 2 aromatic rings. The van der Waals surface area contributed by atoms with Crippen molar-refractivity contribution in [3.8, 4) is 0 Å². The number of hydrogen-bond acceptors (Lipinski definition) is 3. The van der Waals surface area contributed by atoms with Gasteiger partial charge in [-0.2, -0.15) is 0 Å². The molecule has 2 rings (SSSR count). The molecule has 0 radical (unpaired) electrons. The van der Waals surface area contributed by atoms with Gasteiger partial charge in [-0.15, -0.1) is 0 Å². The van der Waals surface area contributed by atoms with Crippen molar-refractivity contribution in [1.82, 2.24) is 19.5 Å². The van der Waals surface area contributed by atoms with E-state index in [2.05, 4.69) is 33.4 Å². The second-order valence-electron chi connectivity index (χ2n) is 5.07. The second-order valence-corrected chi connectivity index (χ2v) is 5.07. The molecule has 98 valence electrons. The van der Waals surface area contributed by atoms with Gasteiger partial charge in [0.2, 0.25) is 0 Å². The zero-order chi connectivity index (χ0) is 13.0. The number of rotatable bonds is 6. The van der Waals surface area contributed by atoms with Crippen LogP contribution in [0, 0.1) is 5.92 Å². The normalized spacial score (nSPS) is 13.1. The largest absolute Gasteiger partial charge is 0.348 e. The van der Waals surface area contributed by atoms with Crippen LogP contribution in [0.5, 0.6) is 0 Å².